The molecule has 0 unspecified atom stereocenters. The number of para-hydroxylation sites is 1. The van der Waals surface area contributed by atoms with E-state index in [4.69, 9.17) is 0 Å². The van der Waals surface area contributed by atoms with E-state index in [2.05, 4.69) is 184 Å². The predicted molar refractivity (Wildman–Crippen MR) is 199 cm³/mol. The van der Waals surface area contributed by atoms with Gasteiger partial charge in [0, 0.05) is 22.2 Å². The van der Waals surface area contributed by atoms with E-state index in [1.807, 2.05) is 0 Å². The first-order valence-corrected chi connectivity index (χ1v) is 16.7. The van der Waals surface area contributed by atoms with Crippen LogP contribution in [0, 0.1) is 0 Å². The molecule has 0 aliphatic heterocycles. The van der Waals surface area contributed by atoms with Crippen molar-refractivity contribution < 1.29 is 0 Å². The fourth-order valence-electron chi connectivity index (χ4n) is 8.60. The Morgan fingerprint density at radius 2 is 1.06 bits per heavy atom. The lowest BCUT2D eigenvalue weighted by Gasteiger charge is -2.40. The first-order chi connectivity index (χ1) is 22.9. The molecule has 0 amide bonds. The number of rotatable bonds is 4. The van der Waals surface area contributed by atoms with E-state index in [0.29, 0.717) is 0 Å². The van der Waals surface area contributed by atoms with E-state index in [1.54, 1.807) is 0 Å². The molecule has 0 heterocycles. The van der Waals surface area contributed by atoms with Crippen LogP contribution in [0.15, 0.2) is 152 Å². The maximum Gasteiger partial charge on any atom is 0.0508 e. The topological polar surface area (TPSA) is 3.24 Å². The van der Waals surface area contributed by atoms with Gasteiger partial charge in [0.25, 0.3) is 0 Å². The molecular weight excluding hydrogens is 567 g/mol. The third-order valence-electron chi connectivity index (χ3n) is 10.8. The maximum absolute atomic E-state index is 2.50. The summed E-state index contributed by atoms with van der Waals surface area (Å²) in [5.41, 5.74) is 16.6. The molecule has 226 valence electrons. The van der Waals surface area contributed by atoms with Crippen molar-refractivity contribution in [1.29, 1.82) is 0 Å². The second-order valence-electron chi connectivity index (χ2n) is 14.2. The van der Waals surface area contributed by atoms with Gasteiger partial charge in [0.05, 0.1) is 5.69 Å². The Morgan fingerprint density at radius 1 is 0.426 bits per heavy atom. The second kappa shape index (κ2) is 10.0. The molecule has 0 bridgehead atoms. The van der Waals surface area contributed by atoms with Crippen molar-refractivity contribution in [3.05, 3.63) is 174 Å². The van der Waals surface area contributed by atoms with Crippen molar-refractivity contribution in [2.24, 2.45) is 0 Å². The highest BCUT2D eigenvalue weighted by atomic mass is 15.1. The van der Waals surface area contributed by atoms with Gasteiger partial charge in [0.15, 0.2) is 0 Å². The van der Waals surface area contributed by atoms with Gasteiger partial charge in [-0.3, -0.25) is 0 Å². The predicted octanol–water partition coefficient (Wildman–Crippen LogP) is 12.6. The molecular formula is C46H37N. The van der Waals surface area contributed by atoms with E-state index < -0.39 is 0 Å². The van der Waals surface area contributed by atoms with Crippen molar-refractivity contribution in [2.45, 2.75) is 38.5 Å². The minimum absolute atomic E-state index is 0.0845. The number of fused-ring (bicyclic) bond motifs is 5. The molecule has 7 aromatic carbocycles. The normalized spacial score (nSPS) is 14.7. The van der Waals surface area contributed by atoms with Crippen molar-refractivity contribution in [2.75, 3.05) is 4.90 Å². The molecule has 9 rings (SSSR count). The van der Waals surface area contributed by atoms with Gasteiger partial charge in [0.1, 0.15) is 0 Å². The summed E-state index contributed by atoms with van der Waals surface area (Å²) in [5, 5.41) is 2.66. The van der Waals surface area contributed by atoms with Gasteiger partial charge in [-0.1, -0.05) is 149 Å². The smallest absolute Gasteiger partial charge is 0.0508 e. The van der Waals surface area contributed by atoms with E-state index in [1.165, 1.54) is 77.8 Å². The highest BCUT2D eigenvalue weighted by molar-refractivity contribution is 6.10. The number of benzene rings is 7. The Bertz CT molecular complexity index is 2340. The molecule has 0 saturated carbocycles. The molecule has 0 N–H and O–H groups in total. The Kier molecular flexibility index (Phi) is 5.96. The van der Waals surface area contributed by atoms with Crippen molar-refractivity contribution in [3.8, 4) is 33.4 Å². The fourth-order valence-corrected chi connectivity index (χ4v) is 8.60. The summed E-state index contributed by atoms with van der Waals surface area (Å²) >= 11 is 0. The zero-order valence-corrected chi connectivity index (χ0v) is 27.4. The zero-order chi connectivity index (χ0) is 31.9. The summed E-state index contributed by atoms with van der Waals surface area (Å²) < 4.78 is 0. The summed E-state index contributed by atoms with van der Waals surface area (Å²) in [7, 11) is 0. The van der Waals surface area contributed by atoms with Gasteiger partial charge in [0.2, 0.25) is 0 Å². The summed E-state index contributed by atoms with van der Waals surface area (Å²) in [6.07, 6.45) is 0. The number of anilines is 3. The molecule has 0 aromatic heterocycles. The second-order valence-corrected chi connectivity index (χ2v) is 14.2. The lowest BCUT2D eigenvalue weighted by atomic mass is 9.66. The van der Waals surface area contributed by atoms with E-state index in [9.17, 15) is 0 Å². The monoisotopic (exact) mass is 603 g/mol. The molecule has 0 saturated heterocycles. The highest BCUT2D eigenvalue weighted by Crippen LogP contribution is 2.56. The van der Waals surface area contributed by atoms with E-state index >= 15 is 0 Å². The van der Waals surface area contributed by atoms with Crippen LogP contribution in [0.2, 0.25) is 0 Å². The standard InChI is InChI=1S/C46H37N/c1-45(2)38-22-12-11-20-35(38)36-28-26-33(29-40(36)45)47(32-18-9-6-10-19-32)41-24-14-21-37-43-34(30-15-7-5-8-16-30)27-25-31-17-13-23-39(42(31)43)46(3,4)44(37)41/h5-29H,1-4H3. The molecule has 1 nitrogen and oxygen atoms in total. The van der Waals surface area contributed by atoms with Gasteiger partial charge in [-0.05, 0) is 96.7 Å². The lowest BCUT2D eigenvalue weighted by molar-refractivity contribution is 0.645. The summed E-state index contributed by atoms with van der Waals surface area (Å²) in [5.74, 6) is 0. The van der Waals surface area contributed by atoms with Gasteiger partial charge in [-0.25, -0.2) is 0 Å². The molecule has 0 spiro atoms. The molecule has 1 heteroatoms. The van der Waals surface area contributed by atoms with E-state index in [-0.39, 0.29) is 10.8 Å². The molecule has 2 aliphatic carbocycles. The summed E-state index contributed by atoms with van der Waals surface area (Å²) in [6.45, 7) is 9.55. The quantitative estimate of drug-likeness (QED) is 0.193. The Hall–Kier alpha value is -5.40. The van der Waals surface area contributed by atoms with Crippen LogP contribution in [-0.2, 0) is 10.8 Å². The third-order valence-corrected chi connectivity index (χ3v) is 10.8. The lowest BCUT2D eigenvalue weighted by Crippen LogP contribution is -2.27. The van der Waals surface area contributed by atoms with Crippen molar-refractivity contribution in [1.82, 2.24) is 0 Å². The Labute approximate surface area is 277 Å². The molecule has 47 heavy (non-hydrogen) atoms. The van der Waals surface area contributed by atoms with Crippen LogP contribution in [0.25, 0.3) is 44.2 Å². The molecule has 7 aromatic rings. The average molecular weight is 604 g/mol. The Balaban J connectivity index is 1.34. The zero-order valence-electron chi connectivity index (χ0n) is 27.4. The number of hydrogen-bond donors (Lipinski definition) is 0. The van der Waals surface area contributed by atoms with Crippen LogP contribution in [0.5, 0.6) is 0 Å². The van der Waals surface area contributed by atoms with Crippen LogP contribution >= 0.6 is 0 Å². The fraction of sp³-hybridized carbons (Fsp3) is 0.130. The van der Waals surface area contributed by atoms with Crippen LogP contribution in [-0.4, -0.2) is 0 Å². The SMILES string of the molecule is CC1(C)c2ccccc2-c2ccc(N(c3ccccc3)c3cccc4c3C(C)(C)c3cccc5ccc(-c6ccccc6)c-4c35)cc21. The maximum atomic E-state index is 2.50. The molecule has 0 radical (unpaired) electrons. The van der Waals surface area contributed by atoms with Gasteiger partial charge in [-0.15, -0.1) is 0 Å². The van der Waals surface area contributed by atoms with Crippen molar-refractivity contribution >= 4 is 27.8 Å². The minimum Gasteiger partial charge on any atom is -0.310 e. The van der Waals surface area contributed by atoms with Gasteiger partial charge in [-0.2, -0.15) is 0 Å². The number of hydrogen-bond acceptors (Lipinski definition) is 1. The molecule has 2 aliphatic rings. The van der Waals surface area contributed by atoms with E-state index in [0.717, 1.165) is 5.69 Å². The first kappa shape index (κ1) is 27.9. The third kappa shape index (κ3) is 3.96. The van der Waals surface area contributed by atoms with Crippen LogP contribution in [0.1, 0.15) is 49.9 Å². The van der Waals surface area contributed by atoms with Crippen LogP contribution in [0.4, 0.5) is 17.1 Å². The van der Waals surface area contributed by atoms with Gasteiger partial charge >= 0.3 is 0 Å². The largest absolute Gasteiger partial charge is 0.310 e. The number of nitrogens with zero attached hydrogens (tertiary/aromatic N) is 1. The molecule has 0 atom stereocenters. The highest BCUT2D eigenvalue weighted by Gasteiger charge is 2.39. The minimum atomic E-state index is -0.243. The first-order valence-electron chi connectivity index (χ1n) is 16.7. The van der Waals surface area contributed by atoms with Gasteiger partial charge < -0.3 is 4.90 Å². The average Bonchev–Trinajstić information content (AvgIpc) is 3.33. The molecule has 0 fully saturated rings. The van der Waals surface area contributed by atoms with Crippen molar-refractivity contribution in [3.63, 3.8) is 0 Å². The van der Waals surface area contributed by atoms with Crippen LogP contribution in [0.3, 0.4) is 0 Å². The summed E-state index contributed by atoms with van der Waals surface area (Å²) in [4.78, 5) is 2.50. The Morgan fingerprint density at radius 3 is 1.87 bits per heavy atom. The van der Waals surface area contributed by atoms with Crippen LogP contribution < -0.4 is 4.90 Å². The summed E-state index contributed by atoms with van der Waals surface area (Å²) in [6, 6.07) is 56.2.